The summed E-state index contributed by atoms with van der Waals surface area (Å²) in [4.78, 5) is 26.2. The Kier molecular flexibility index (Phi) is 6.21. The van der Waals surface area contributed by atoms with Gasteiger partial charge in [-0.15, -0.1) is 0 Å². The molecule has 0 saturated heterocycles. The molecule has 1 unspecified atom stereocenters. The molecule has 0 spiro atoms. The first-order chi connectivity index (χ1) is 11.5. The van der Waals surface area contributed by atoms with E-state index in [2.05, 4.69) is 39.3 Å². The van der Waals surface area contributed by atoms with Gasteiger partial charge in [0.05, 0.1) is 11.1 Å². The number of carbonyl (C=O) groups is 2. The molecule has 5 nitrogen and oxygen atoms in total. The third kappa shape index (κ3) is 5.21. The van der Waals surface area contributed by atoms with E-state index in [1.54, 1.807) is 24.3 Å². The molecule has 0 N–H and O–H groups in total. The fourth-order valence-electron chi connectivity index (χ4n) is 3.20. The molecule has 1 radical (unpaired) electrons. The molecule has 0 aliphatic carbocycles. The zero-order valence-corrected chi connectivity index (χ0v) is 19.0. The van der Waals surface area contributed by atoms with Crippen LogP contribution in [0.25, 0.3) is 0 Å². The summed E-state index contributed by atoms with van der Waals surface area (Å²) in [5.41, 5.74) is 1.02. The summed E-state index contributed by atoms with van der Waals surface area (Å²) in [5.74, 6) is -0.376. The van der Waals surface area contributed by atoms with Gasteiger partial charge in [0.1, 0.15) is 0 Å². The molecule has 137 valence electrons. The fourth-order valence-corrected chi connectivity index (χ4v) is 14.0. The molecule has 8 heteroatoms. The summed E-state index contributed by atoms with van der Waals surface area (Å²) < 4.78 is 12.7. The van der Waals surface area contributed by atoms with Crippen LogP contribution in [0, 0.1) is 0 Å². The minimum absolute atomic E-state index is 0.188. The maximum Gasteiger partial charge on any atom is 0.314 e. The Hall–Kier alpha value is -1.07. The molecule has 0 saturated carbocycles. The Morgan fingerprint density at radius 2 is 1.52 bits per heavy atom. The summed E-state index contributed by atoms with van der Waals surface area (Å²) in [6.45, 7) is 13.3. The first-order valence-corrected chi connectivity index (χ1v) is 17.0. The van der Waals surface area contributed by atoms with E-state index in [-0.39, 0.29) is 11.8 Å². The monoisotopic (exact) mass is 394 g/mol. The molecule has 1 atom stereocenters. The number of fused-ring (bicyclic) bond motifs is 1. The van der Waals surface area contributed by atoms with E-state index in [4.69, 9.17) is 8.23 Å². The van der Waals surface area contributed by atoms with Gasteiger partial charge in [0.15, 0.2) is 17.4 Å². The highest BCUT2D eigenvalue weighted by Gasteiger charge is 2.39. The number of rotatable bonds is 8. The van der Waals surface area contributed by atoms with Crippen LogP contribution >= 0.6 is 0 Å². The molecule has 1 aliphatic rings. The standard InChI is InChI=1S/C17H28NO4Si3/c1-23(2)21-25(6,22-24(3,4)5)13-9-12-18-16(19)14-10-7-8-11-15(14)17(18)20/h7-8,10-11H,9,12-13H2,1-6H3. The normalized spacial score (nSPS) is 17.2. The van der Waals surface area contributed by atoms with E-state index >= 15 is 0 Å². The highest BCUT2D eigenvalue weighted by atomic mass is 28.5. The zero-order valence-electron chi connectivity index (χ0n) is 16.0. The topological polar surface area (TPSA) is 55.8 Å². The van der Waals surface area contributed by atoms with Gasteiger partial charge in [0, 0.05) is 6.54 Å². The third-order valence-electron chi connectivity index (χ3n) is 3.83. The first-order valence-electron chi connectivity index (χ1n) is 8.67. The van der Waals surface area contributed by atoms with Crippen LogP contribution in [0.2, 0.25) is 45.3 Å². The zero-order chi connectivity index (χ0) is 18.8. The van der Waals surface area contributed by atoms with Crippen molar-refractivity contribution in [3.8, 4) is 0 Å². The van der Waals surface area contributed by atoms with Gasteiger partial charge in [0.2, 0.25) is 0 Å². The van der Waals surface area contributed by atoms with Gasteiger partial charge in [-0.05, 0) is 63.9 Å². The number of nitrogens with zero attached hydrogens (tertiary/aromatic N) is 1. The SMILES string of the molecule is C[Si](C)O[Si](C)(CCCN1C(=O)c2ccccc2C1=O)O[Si](C)(C)C. The van der Waals surface area contributed by atoms with Crippen molar-refractivity contribution < 1.29 is 17.8 Å². The van der Waals surface area contributed by atoms with Crippen LogP contribution in [0.15, 0.2) is 24.3 Å². The van der Waals surface area contributed by atoms with Crippen LogP contribution in [0.3, 0.4) is 0 Å². The average Bonchev–Trinajstić information content (AvgIpc) is 2.70. The molecule has 25 heavy (non-hydrogen) atoms. The number of hydrogen-bond donors (Lipinski definition) is 0. The Morgan fingerprint density at radius 3 is 1.96 bits per heavy atom. The highest BCUT2D eigenvalue weighted by Crippen LogP contribution is 2.26. The number of hydrogen-bond acceptors (Lipinski definition) is 4. The van der Waals surface area contributed by atoms with Gasteiger partial charge >= 0.3 is 8.56 Å². The van der Waals surface area contributed by atoms with Gasteiger partial charge in [-0.25, -0.2) is 0 Å². The summed E-state index contributed by atoms with van der Waals surface area (Å²) in [7, 11) is -4.86. The van der Waals surface area contributed by atoms with Crippen molar-refractivity contribution in [3.05, 3.63) is 35.4 Å². The number of amides is 2. The number of imide groups is 1. The van der Waals surface area contributed by atoms with Gasteiger partial charge in [-0.1, -0.05) is 12.1 Å². The summed E-state index contributed by atoms with van der Waals surface area (Å²) >= 11 is 0. The van der Waals surface area contributed by atoms with Crippen molar-refractivity contribution in [2.75, 3.05) is 6.54 Å². The fraction of sp³-hybridized carbons (Fsp3) is 0.529. The second kappa shape index (κ2) is 7.67. The summed E-state index contributed by atoms with van der Waals surface area (Å²) in [5, 5.41) is 0. The molecule has 0 bridgehead atoms. The van der Waals surface area contributed by atoms with Gasteiger partial charge in [0.25, 0.3) is 11.8 Å². The van der Waals surface area contributed by atoms with Crippen LogP contribution in [0.5, 0.6) is 0 Å². The number of benzene rings is 1. The average molecular weight is 395 g/mol. The highest BCUT2D eigenvalue weighted by molar-refractivity contribution is 6.84. The quantitative estimate of drug-likeness (QED) is 0.496. The second-order valence-electron chi connectivity index (χ2n) is 7.77. The van der Waals surface area contributed by atoms with E-state index in [1.165, 1.54) is 4.90 Å². The van der Waals surface area contributed by atoms with Crippen molar-refractivity contribution in [1.29, 1.82) is 0 Å². The lowest BCUT2D eigenvalue weighted by Gasteiger charge is -2.35. The van der Waals surface area contributed by atoms with Crippen molar-refractivity contribution in [2.24, 2.45) is 0 Å². The molecule has 1 aromatic carbocycles. The van der Waals surface area contributed by atoms with Gasteiger partial charge in [-0.3, -0.25) is 14.5 Å². The molecule has 1 aliphatic heterocycles. The molecule has 0 fully saturated rings. The van der Waals surface area contributed by atoms with Crippen LogP contribution in [-0.4, -0.2) is 49.2 Å². The largest absolute Gasteiger partial charge is 0.437 e. The lowest BCUT2D eigenvalue weighted by molar-refractivity contribution is 0.0653. The smallest absolute Gasteiger partial charge is 0.314 e. The molecular weight excluding hydrogens is 366 g/mol. The molecule has 1 heterocycles. The van der Waals surface area contributed by atoms with E-state index in [0.29, 0.717) is 24.1 Å². The maximum absolute atomic E-state index is 12.4. The van der Waals surface area contributed by atoms with Crippen molar-refractivity contribution in [3.63, 3.8) is 0 Å². The lowest BCUT2D eigenvalue weighted by atomic mass is 10.1. The van der Waals surface area contributed by atoms with Gasteiger partial charge < -0.3 is 8.23 Å². The van der Waals surface area contributed by atoms with E-state index in [0.717, 1.165) is 6.04 Å². The molecule has 2 amide bonds. The Balaban J connectivity index is 2.01. The Bertz CT molecular complexity index is 625. The molecule has 0 aromatic heterocycles. The van der Waals surface area contributed by atoms with Crippen LogP contribution < -0.4 is 0 Å². The minimum Gasteiger partial charge on any atom is -0.437 e. The van der Waals surface area contributed by atoms with E-state index < -0.39 is 25.9 Å². The van der Waals surface area contributed by atoms with Crippen LogP contribution in [-0.2, 0) is 8.23 Å². The molecular formula is C17H28NO4Si3. The van der Waals surface area contributed by atoms with Gasteiger partial charge in [-0.2, -0.15) is 0 Å². The van der Waals surface area contributed by atoms with E-state index in [9.17, 15) is 9.59 Å². The van der Waals surface area contributed by atoms with Crippen molar-refractivity contribution in [2.45, 2.75) is 51.7 Å². The third-order valence-corrected chi connectivity index (χ3v) is 12.6. The van der Waals surface area contributed by atoms with Crippen LogP contribution in [0.1, 0.15) is 27.1 Å². The lowest BCUT2D eigenvalue weighted by Crippen LogP contribution is -2.49. The first kappa shape index (κ1) is 20.2. The van der Waals surface area contributed by atoms with Crippen molar-refractivity contribution in [1.82, 2.24) is 4.90 Å². The maximum atomic E-state index is 12.4. The minimum atomic E-state index is -2.29. The summed E-state index contributed by atoms with van der Waals surface area (Å²) in [6.07, 6.45) is 0.716. The Labute approximate surface area is 154 Å². The predicted molar refractivity (Wildman–Crippen MR) is 106 cm³/mol. The van der Waals surface area contributed by atoms with E-state index in [1.807, 2.05) is 0 Å². The summed E-state index contributed by atoms with van der Waals surface area (Å²) in [6, 6.07) is 7.81. The second-order valence-corrected chi connectivity index (χ2v) is 18.2. The number of carbonyl (C=O) groups excluding carboxylic acids is 2. The molecule has 2 rings (SSSR count). The molecule has 1 aromatic rings. The van der Waals surface area contributed by atoms with Crippen molar-refractivity contribution >= 4 is 37.7 Å². The van der Waals surface area contributed by atoms with Crippen LogP contribution in [0.4, 0.5) is 0 Å². The Morgan fingerprint density at radius 1 is 1.00 bits per heavy atom. The predicted octanol–water partition coefficient (Wildman–Crippen LogP) is 3.86.